The predicted octanol–water partition coefficient (Wildman–Crippen LogP) is 3.74. The van der Waals surface area contributed by atoms with Crippen LogP contribution in [-0.2, 0) is 21.4 Å². The molecule has 3 nitrogen and oxygen atoms in total. The van der Waals surface area contributed by atoms with Gasteiger partial charge in [0.05, 0.1) is 5.41 Å². The molecule has 2 aliphatic carbocycles. The molecule has 2 bridgehead atoms. The van der Waals surface area contributed by atoms with Gasteiger partial charge < -0.3 is 4.74 Å². The van der Waals surface area contributed by atoms with E-state index in [1.165, 1.54) is 11.1 Å². The topological polar surface area (TPSA) is 43.4 Å². The average Bonchev–Trinajstić information content (AvgIpc) is 2.53. The molecule has 1 aromatic carbocycles. The molecule has 4 rings (SSSR count). The second-order valence-electron chi connectivity index (χ2n) is 7.82. The molecule has 1 saturated carbocycles. The highest BCUT2D eigenvalue weighted by Crippen LogP contribution is 2.60. The van der Waals surface area contributed by atoms with Crippen molar-refractivity contribution in [2.75, 3.05) is 6.61 Å². The van der Waals surface area contributed by atoms with Crippen molar-refractivity contribution in [3.8, 4) is 0 Å². The maximum Gasteiger partial charge on any atom is 0.312 e. The lowest BCUT2D eigenvalue weighted by Gasteiger charge is -2.58. The first kappa shape index (κ1) is 14.9. The van der Waals surface area contributed by atoms with Crippen molar-refractivity contribution in [1.29, 1.82) is 0 Å². The number of esters is 1. The zero-order chi connectivity index (χ0) is 16.4. The Labute approximate surface area is 137 Å². The van der Waals surface area contributed by atoms with Crippen LogP contribution in [0.25, 0.3) is 0 Å². The Hall–Kier alpha value is -1.64. The van der Waals surface area contributed by atoms with E-state index in [4.69, 9.17) is 4.74 Å². The van der Waals surface area contributed by atoms with Gasteiger partial charge in [0.15, 0.2) is 5.78 Å². The van der Waals surface area contributed by atoms with Crippen LogP contribution in [0.15, 0.2) is 12.1 Å². The van der Waals surface area contributed by atoms with E-state index in [9.17, 15) is 9.59 Å². The average molecular weight is 312 g/mol. The summed E-state index contributed by atoms with van der Waals surface area (Å²) in [6.45, 7) is 6.66. The van der Waals surface area contributed by atoms with Crippen molar-refractivity contribution < 1.29 is 14.3 Å². The first-order valence-electron chi connectivity index (χ1n) is 8.77. The van der Waals surface area contributed by atoms with Crippen LogP contribution in [0.2, 0.25) is 0 Å². The number of rotatable bonds is 1. The third-order valence-electron chi connectivity index (χ3n) is 6.79. The van der Waals surface area contributed by atoms with E-state index in [0.717, 1.165) is 36.8 Å². The van der Waals surface area contributed by atoms with Crippen molar-refractivity contribution in [2.24, 2.45) is 11.3 Å². The highest BCUT2D eigenvalue weighted by Gasteiger charge is 2.63. The molecule has 2 fully saturated rings. The molecule has 23 heavy (non-hydrogen) atoms. The molecule has 1 saturated heterocycles. The number of carbonyl (C=O) groups is 2. The zero-order valence-corrected chi connectivity index (χ0v) is 14.2. The second kappa shape index (κ2) is 4.68. The lowest BCUT2D eigenvalue weighted by atomic mass is 9.47. The molecule has 0 N–H and O–H groups in total. The van der Waals surface area contributed by atoms with Gasteiger partial charge in [-0.15, -0.1) is 0 Å². The van der Waals surface area contributed by atoms with Gasteiger partial charge in [-0.3, -0.25) is 9.59 Å². The number of ether oxygens (including phenoxy) is 1. The Morgan fingerprint density at radius 2 is 2.04 bits per heavy atom. The number of fused-ring (bicyclic) bond motifs is 1. The largest absolute Gasteiger partial charge is 0.464 e. The van der Waals surface area contributed by atoms with E-state index in [2.05, 4.69) is 26.0 Å². The SMILES string of the molecule is CCc1c(C)ccc2c1C(=O)C[C@@H]1[C@@]23CCC[C@@]1(C)C(=O)OC3. The highest BCUT2D eigenvalue weighted by molar-refractivity contribution is 6.02. The van der Waals surface area contributed by atoms with Crippen LogP contribution in [-0.4, -0.2) is 18.4 Å². The van der Waals surface area contributed by atoms with Gasteiger partial charge in [0.1, 0.15) is 6.61 Å². The van der Waals surface area contributed by atoms with E-state index in [-0.39, 0.29) is 23.1 Å². The number of benzene rings is 1. The number of carbonyl (C=O) groups excluding carboxylic acids is 2. The first-order valence-corrected chi connectivity index (χ1v) is 8.77. The van der Waals surface area contributed by atoms with Gasteiger partial charge in [-0.2, -0.15) is 0 Å². The van der Waals surface area contributed by atoms with Crippen molar-refractivity contribution >= 4 is 11.8 Å². The third-order valence-corrected chi connectivity index (χ3v) is 6.79. The Bertz CT molecular complexity index is 720. The van der Waals surface area contributed by atoms with Crippen molar-refractivity contribution in [1.82, 2.24) is 0 Å². The number of hydrogen-bond acceptors (Lipinski definition) is 3. The number of hydrogen-bond donors (Lipinski definition) is 0. The molecule has 122 valence electrons. The molecule has 3 heteroatoms. The number of Topliss-reactive ketones (excluding diaryl/α,β-unsaturated/α-hetero) is 1. The Balaban J connectivity index is 1.99. The summed E-state index contributed by atoms with van der Waals surface area (Å²) in [7, 11) is 0. The highest BCUT2D eigenvalue weighted by atomic mass is 16.5. The van der Waals surface area contributed by atoms with Gasteiger partial charge in [-0.25, -0.2) is 0 Å². The zero-order valence-electron chi connectivity index (χ0n) is 14.2. The summed E-state index contributed by atoms with van der Waals surface area (Å²) in [5, 5.41) is 0. The molecule has 0 spiro atoms. The van der Waals surface area contributed by atoms with Crippen molar-refractivity contribution in [3.05, 3.63) is 34.4 Å². The minimum Gasteiger partial charge on any atom is -0.464 e. The third kappa shape index (κ3) is 1.71. The summed E-state index contributed by atoms with van der Waals surface area (Å²) < 4.78 is 5.65. The first-order chi connectivity index (χ1) is 10.9. The Morgan fingerprint density at radius 1 is 1.26 bits per heavy atom. The van der Waals surface area contributed by atoms with E-state index < -0.39 is 5.41 Å². The monoisotopic (exact) mass is 312 g/mol. The van der Waals surface area contributed by atoms with Gasteiger partial charge >= 0.3 is 5.97 Å². The Kier molecular flexibility index (Phi) is 3.04. The molecule has 3 aliphatic rings. The van der Waals surface area contributed by atoms with Gasteiger partial charge in [-0.1, -0.05) is 25.5 Å². The van der Waals surface area contributed by atoms with E-state index in [0.29, 0.717) is 13.0 Å². The normalized spacial score (nSPS) is 35.3. The number of cyclic esters (lactones) is 1. The van der Waals surface area contributed by atoms with Crippen LogP contribution in [0, 0.1) is 18.3 Å². The molecule has 1 aliphatic heterocycles. The fourth-order valence-corrected chi connectivity index (χ4v) is 5.55. The van der Waals surface area contributed by atoms with E-state index >= 15 is 0 Å². The molecule has 0 aromatic heterocycles. The van der Waals surface area contributed by atoms with Gasteiger partial charge in [0.2, 0.25) is 0 Å². The molecule has 0 unspecified atom stereocenters. The maximum absolute atomic E-state index is 13.0. The van der Waals surface area contributed by atoms with Crippen LogP contribution in [0.3, 0.4) is 0 Å². The molecule has 3 atom stereocenters. The van der Waals surface area contributed by atoms with E-state index in [1.54, 1.807) is 0 Å². The summed E-state index contributed by atoms with van der Waals surface area (Å²) in [4.78, 5) is 25.4. The van der Waals surface area contributed by atoms with Gasteiger partial charge in [0, 0.05) is 17.4 Å². The summed E-state index contributed by atoms with van der Waals surface area (Å²) in [6, 6.07) is 4.28. The lowest BCUT2D eigenvalue weighted by molar-refractivity contribution is -0.183. The summed E-state index contributed by atoms with van der Waals surface area (Å²) >= 11 is 0. The summed E-state index contributed by atoms with van der Waals surface area (Å²) in [6.07, 6.45) is 4.26. The van der Waals surface area contributed by atoms with Crippen LogP contribution in [0.5, 0.6) is 0 Å². The standard InChI is InChI=1S/C20H24O3/c1-4-13-12(2)6-7-14-17(13)15(21)10-16-19(3)8-5-9-20(14,16)11-23-18(19)22/h6-7,16H,4-5,8-11H2,1-3H3/t16-,19+,20+/m0/s1. The summed E-state index contributed by atoms with van der Waals surface area (Å²) in [5.74, 6) is 0.221. The molecule has 0 amide bonds. The fourth-order valence-electron chi connectivity index (χ4n) is 5.55. The minimum absolute atomic E-state index is 0.0948. The van der Waals surface area contributed by atoms with Crippen molar-refractivity contribution in [2.45, 2.75) is 58.3 Å². The van der Waals surface area contributed by atoms with Crippen LogP contribution in [0.4, 0.5) is 0 Å². The smallest absolute Gasteiger partial charge is 0.312 e. The second-order valence-corrected chi connectivity index (χ2v) is 7.82. The predicted molar refractivity (Wildman–Crippen MR) is 87.6 cm³/mol. The molecule has 1 aromatic rings. The van der Waals surface area contributed by atoms with Gasteiger partial charge in [-0.05, 0) is 55.7 Å². The quantitative estimate of drug-likeness (QED) is 0.742. The van der Waals surface area contributed by atoms with Crippen molar-refractivity contribution in [3.63, 3.8) is 0 Å². The van der Waals surface area contributed by atoms with Crippen LogP contribution < -0.4 is 0 Å². The lowest BCUT2D eigenvalue weighted by Crippen LogP contribution is -2.61. The molecular weight excluding hydrogens is 288 g/mol. The molecule has 0 radical (unpaired) electrons. The number of aryl methyl sites for hydroxylation is 1. The minimum atomic E-state index is -0.499. The molecule has 1 heterocycles. The molecular formula is C20H24O3. The fraction of sp³-hybridized carbons (Fsp3) is 0.600. The van der Waals surface area contributed by atoms with Gasteiger partial charge in [0.25, 0.3) is 0 Å². The Morgan fingerprint density at radius 3 is 2.78 bits per heavy atom. The van der Waals surface area contributed by atoms with Crippen LogP contribution >= 0.6 is 0 Å². The summed E-state index contributed by atoms with van der Waals surface area (Å²) in [5.41, 5.74) is 3.82. The maximum atomic E-state index is 13.0. The number of ketones is 1. The van der Waals surface area contributed by atoms with Crippen LogP contribution in [0.1, 0.15) is 66.6 Å². The van der Waals surface area contributed by atoms with E-state index in [1.807, 2.05) is 6.92 Å².